The van der Waals surface area contributed by atoms with E-state index in [1.54, 1.807) is 6.92 Å². The van der Waals surface area contributed by atoms with Crippen LogP contribution in [0.3, 0.4) is 0 Å². The first-order valence-electron chi connectivity index (χ1n) is 20.2. The van der Waals surface area contributed by atoms with Crippen molar-refractivity contribution in [2.45, 2.75) is 161 Å². The van der Waals surface area contributed by atoms with Gasteiger partial charge in [-0.2, -0.15) is 0 Å². The van der Waals surface area contributed by atoms with Gasteiger partial charge in [-0.25, -0.2) is 0 Å². The number of hydrogen-bond donors (Lipinski definition) is 8. The number of carboxylic acid groups (broad SMARTS) is 2. The van der Waals surface area contributed by atoms with E-state index in [0.29, 0.717) is 38.0 Å². The molecule has 0 amide bonds. The Balaban J connectivity index is 1.15. The van der Waals surface area contributed by atoms with Gasteiger partial charge in [-0.15, -0.1) is 0 Å². The molecule has 2 saturated heterocycles. The molecule has 8 N–H and O–H groups in total. The van der Waals surface area contributed by atoms with Crippen molar-refractivity contribution in [3.63, 3.8) is 0 Å². The minimum Gasteiger partial charge on any atom is -0.481 e. The van der Waals surface area contributed by atoms with Gasteiger partial charge in [0.15, 0.2) is 12.6 Å². The normalized spacial score (nSPS) is 52.6. The second kappa shape index (κ2) is 14.1. The topological polar surface area (TPSA) is 233 Å². The van der Waals surface area contributed by atoms with Crippen LogP contribution < -0.4 is 0 Å². The minimum atomic E-state index is -1.77. The second-order valence-corrected chi connectivity index (χ2v) is 18.9. The molecule has 7 rings (SSSR count). The molecule has 5 fully saturated rings. The quantitative estimate of drug-likeness (QED) is 0.174. The molecule has 0 bridgehead atoms. The molecular formula is C41H62O14. The molecule has 14 heteroatoms. The maximum Gasteiger partial charge on any atom is 0.314 e. The summed E-state index contributed by atoms with van der Waals surface area (Å²) in [6.45, 7) is 11.9. The fourth-order valence-electron chi connectivity index (χ4n) is 13.0. The highest BCUT2D eigenvalue weighted by molar-refractivity contribution is 5.82. The minimum absolute atomic E-state index is 0.120. The lowest BCUT2D eigenvalue weighted by atomic mass is 9.34. The monoisotopic (exact) mass is 778 g/mol. The molecule has 0 spiro atoms. The molecular weight excluding hydrogens is 716 g/mol. The number of ether oxygens (including phenoxy) is 4. The number of aliphatic hydroxyl groups is 6. The number of carboxylic acids is 2. The summed E-state index contributed by atoms with van der Waals surface area (Å²) in [7, 11) is 0. The lowest BCUT2D eigenvalue weighted by molar-refractivity contribution is -0.356. The van der Waals surface area contributed by atoms with Gasteiger partial charge in [0.05, 0.1) is 30.1 Å². The summed E-state index contributed by atoms with van der Waals surface area (Å²) in [6.07, 6.45) is -6.61. The number of hydrogen-bond acceptors (Lipinski definition) is 12. The maximum atomic E-state index is 13.6. The van der Waals surface area contributed by atoms with E-state index in [4.69, 9.17) is 18.9 Å². The molecule has 0 aromatic heterocycles. The molecule has 310 valence electrons. The molecule has 2 heterocycles. The van der Waals surface area contributed by atoms with Gasteiger partial charge >= 0.3 is 11.9 Å². The predicted molar refractivity (Wildman–Crippen MR) is 194 cm³/mol. The fourth-order valence-corrected chi connectivity index (χ4v) is 13.0. The van der Waals surface area contributed by atoms with Gasteiger partial charge < -0.3 is 59.8 Å². The van der Waals surface area contributed by atoms with Crippen LogP contribution in [-0.2, 0) is 28.5 Å². The van der Waals surface area contributed by atoms with E-state index < -0.39 is 96.2 Å². The number of allylic oxidation sites excluding steroid dienone is 3. The van der Waals surface area contributed by atoms with Gasteiger partial charge in [-0.1, -0.05) is 39.3 Å². The molecule has 0 aromatic carbocycles. The average Bonchev–Trinajstić information content (AvgIpc) is 3.13. The summed E-state index contributed by atoms with van der Waals surface area (Å²) in [4.78, 5) is 26.6. The van der Waals surface area contributed by atoms with E-state index >= 15 is 0 Å². The first-order chi connectivity index (χ1) is 25.7. The third-order valence-corrected chi connectivity index (χ3v) is 16.7. The van der Waals surface area contributed by atoms with Crippen molar-refractivity contribution in [2.24, 2.45) is 44.8 Å². The van der Waals surface area contributed by atoms with E-state index in [9.17, 15) is 50.4 Å². The summed E-state index contributed by atoms with van der Waals surface area (Å²) in [5.41, 5.74) is 0.227. The first kappa shape index (κ1) is 41.2. The van der Waals surface area contributed by atoms with Gasteiger partial charge in [0.2, 0.25) is 0 Å². The second-order valence-electron chi connectivity index (χ2n) is 18.9. The molecule has 0 radical (unpaired) electrons. The molecule has 18 unspecified atom stereocenters. The Morgan fingerprint density at radius 3 is 2.18 bits per heavy atom. The highest BCUT2D eigenvalue weighted by atomic mass is 16.7. The zero-order valence-electron chi connectivity index (χ0n) is 32.9. The van der Waals surface area contributed by atoms with Gasteiger partial charge in [-0.3, -0.25) is 9.59 Å². The van der Waals surface area contributed by atoms with Crippen molar-refractivity contribution >= 4 is 11.9 Å². The van der Waals surface area contributed by atoms with E-state index in [-0.39, 0.29) is 29.3 Å². The zero-order valence-corrected chi connectivity index (χ0v) is 32.9. The van der Waals surface area contributed by atoms with Crippen LogP contribution in [0.15, 0.2) is 22.8 Å². The Morgan fingerprint density at radius 2 is 1.53 bits per heavy atom. The largest absolute Gasteiger partial charge is 0.481 e. The smallest absolute Gasteiger partial charge is 0.314 e. The van der Waals surface area contributed by atoms with Crippen molar-refractivity contribution in [3.05, 3.63) is 22.8 Å². The van der Waals surface area contributed by atoms with Gasteiger partial charge in [0.25, 0.3) is 0 Å². The van der Waals surface area contributed by atoms with Gasteiger partial charge in [0.1, 0.15) is 42.7 Å². The number of carbonyl (C=O) groups is 2. The number of aliphatic carboxylic acids is 2. The van der Waals surface area contributed by atoms with Gasteiger partial charge in [-0.05, 0) is 117 Å². The van der Waals surface area contributed by atoms with Crippen LogP contribution in [0.4, 0.5) is 0 Å². The Morgan fingerprint density at radius 1 is 0.818 bits per heavy atom. The summed E-state index contributed by atoms with van der Waals surface area (Å²) in [6, 6.07) is 0. The van der Waals surface area contributed by atoms with Crippen molar-refractivity contribution in [1.82, 2.24) is 0 Å². The van der Waals surface area contributed by atoms with Crippen molar-refractivity contribution in [2.75, 3.05) is 13.2 Å². The average molecular weight is 779 g/mol. The molecule has 18 atom stereocenters. The Bertz CT molecular complexity index is 1600. The first-order valence-corrected chi connectivity index (χ1v) is 20.2. The fraction of sp³-hybridized carbons (Fsp3) is 0.854. The zero-order chi connectivity index (χ0) is 40.2. The van der Waals surface area contributed by atoms with Crippen LogP contribution in [0.2, 0.25) is 0 Å². The Kier molecular flexibility index (Phi) is 10.6. The van der Waals surface area contributed by atoms with Crippen LogP contribution in [0, 0.1) is 44.8 Å². The van der Waals surface area contributed by atoms with Crippen molar-refractivity contribution in [1.29, 1.82) is 0 Å². The Labute approximate surface area is 322 Å². The molecule has 7 aliphatic rings. The van der Waals surface area contributed by atoms with Crippen LogP contribution in [0.1, 0.15) is 99.3 Å². The maximum absolute atomic E-state index is 13.6. The summed E-state index contributed by atoms with van der Waals surface area (Å²) in [5, 5.41) is 84.6. The molecule has 2 aliphatic heterocycles. The standard InChI is InChI=1S/C41H62O14/c1-19-9-14-41(36(50)51)16-15-38(4)21(27(41)20(19)2)7-8-24-37(3)12-11-26(40(6,35(48)49)25(37)10-13-39(24,38)5)54-33-31(47)32(22(43)18-52-33)55-34-30(46)29(45)28(44)23(17-42)53-34/h7,19,22-26,28-34,42-47H,8-18H2,1-6H3,(H,48,49)(H,50,51). The predicted octanol–water partition coefficient (Wildman–Crippen LogP) is 2.51. The SMILES string of the molecule is CC1=C2C3=CCC4C5(C)CCC(OC6OCC(O)C(OC7OC(CO)C(O)C(O)C7O)C6O)C(C)(C(=O)O)C5CCC4(C)C3(C)CCC2(C(=O)O)CCC1C. The summed E-state index contributed by atoms with van der Waals surface area (Å²) >= 11 is 0. The van der Waals surface area contributed by atoms with Crippen molar-refractivity contribution in [3.8, 4) is 0 Å². The van der Waals surface area contributed by atoms with Gasteiger partial charge in [0, 0.05) is 0 Å². The highest BCUT2D eigenvalue weighted by Crippen LogP contribution is 2.75. The highest BCUT2D eigenvalue weighted by Gasteiger charge is 2.70. The number of rotatable bonds is 7. The molecule has 5 aliphatic carbocycles. The third-order valence-electron chi connectivity index (χ3n) is 16.7. The lowest BCUT2D eigenvalue weighted by Crippen LogP contribution is -2.67. The van der Waals surface area contributed by atoms with E-state index in [2.05, 4.69) is 40.7 Å². The van der Waals surface area contributed by atoms with Crippen LogP contribution in [0.25, 0.3) is 0 Å². The molecule has 0 aromatic rings. The summed E-state index contributed by atoms with van der Waals surface area (Å²) in [5.74, 6) is -1.63. The van der Waals surface area contributed by atoms with Crippen LogP contribution in [0.5, 0.6) is 0 Å². The molecule has 55 heavy (non-hydrogen) atoms. The lowest BCUT2D eigenvalue weighted by Gasteiger charge is -2.70. The van der Waals surface area contributed by atoms with Crippen molar-refractivity contribution < 1.29 is 69.4 Å². The van der Waals surface area contributed by atoms with E-state index in [0.717, 1.165) is 31.3 Å². The van der Waals surface area contributed by atoms with Crippen LogP contribution >= 0.6 is 0 Å². The summed E-state index contributed by atoms with van der Waals surface area (Å²) < 4.78 is 23.4. The molecule has 14 nitrogen and oxygen atoms in total. The number of aliphatic hydroxyl groups excluding tert-OH is 6. The molecule has 3 saturated carbocycles. The number of fused-ring (bicyclic) bond motifs is 7. The third kappa shape index (κ3) is 5.78. The van der Waals surface area contributed by atoms with E-state index in [1.165, 1.54) is 11.1 Å². The van der Waals surface area contributed by atoms with E-state index in [1.807, 2.05) is 0 Å². The van der Waals surface area contributed by atoms with Crippen LogP contribution in [-0.4, -0.2) is 127 Å². The Hall–Kier alpha value is -1.98.